The van der Waals surface area contributed by atoms with Crippen molar-refractivity contribution in [3.63, 3.8) is 0 Å². The summed E-state index contributed by atoms with van der Waals surface area (Å²) in [5.41, 5.74) is 1.92. The zero-order valence-electron chi connectivity index (χ0n) is 15.5. The summed E-state index contributed by atoms with van der Waals surface area (Å²) in [6, 6.07) is 11.1. The fourth-order valence-electron chi connectivity index (χ4n) is 2.52. The predicted octanol–water partition coefficient (Wildman–Crippen LogP) is 2.07. The Morgan fingerprint density at radius 1 is 1.00 bits per heavy atom. The quantitative estimate of drug-likeness (QED) is 0.778. The molecule has 2 aromatic rings. The number of benzene rings is 2. The average Bonchev–Trinajstić information content (AvgIpc) is 2.67. The van der Waals surface area contributed by atoms with E-state index in [1.807, 2.05) is 0 Å². The summed E-state index contributed by atoms with van der Waals surface area (Å²) in [6.45, 7) is 0.361. The molecule has 142 valence electrons. The van der Waals surface area contributed by atoms with Crippen molar-refractivity contribution in [1.29, 1.82) is 0 Å². The van der Waals surface area contributed by atoms with Crippen LogP contribution in [0.4, 0.5) is 0 Å². The molecule has 0 atom stereocenters. The van der Waals surface area contributed by atoms with E-state index in [1.165, 1.54) is 24.1 Å². The van der Waals surface area contributed by atoms with E-state index >= 15 is 0 Å². The number of nitrogens with one attached hydrogen (secondary N) is 1. The summed E-state index contributed by atoms with van der Waals surface area (Å²) in [6.07, 6.45) is 0.492. The number of rotatable bonds is 7. The maximum atomic E-state index is 12.2. The Labute approximate surface area is 157 Å². The molecular formula is C20H22N2O5. The van der Waals surface area contributed by atoms with Crippen molar-refractivity contribution in [1.82, 2.24) is 10.2 Å². The van der Waals surface area contributed by atoms with Crippen molar-refractivity contribution in [3.8, 4) is 5.75 Å². The van der Waals surface area contributed by atoms with Gasteiger partial charge in [0, 0.05) is 31.8 Å². The van der Waals surface area contributed by atoms with Crippen LogP contribution in [-0.2, 0) is 6.42 Å². The van der Waals surface area contributed by atoms with Crippen molar-refractivity contribution in [3.05, 3.63) is 64.7 Å². The van der Waals surface area contributed by atoms with Gasteiger partial charge in [-0.2, -0.15) is 0 Å². The minimum Gasteiger partial charge on any atom is -0.496 e. The summed E-state index contributed by atoms with van der Waals surface area (Å²) >= 11 is 0. The van der Waals surface area contributed by atoms with Crippen molar-refractivity contribution >= 4 is 17.8 Å². The van der Waals surface area contributed by atoms with Gasteiger partial charge in [-0.05, 0) is 48.4 Å². The zero-order chi connectivity index (χ0) is 20.0. The number of nitrogens with zero attached hydrogens (tertiary/aromatic N) is 1. The lowest BCUT2D eigenvalue weighted by atomic mass is 10.1. The molecule has 0 bridgehead atoms. The molecule has 0 radical (unpaired) electrons. The van der Waals surface area contributed by atoms with Gasteiger partial charge in [0.25, 0.3) is 11.8 Å². The van der Waals surface area contributed by atoms with Gasteiger partial charge >= 0.3 is 5.97 Å². The van der Waals surface area contributed by atoms with Crippen molar-refractivity contribution in [2.75, 3.05) is 27.7 Å². The van der Waals surface area contributed by atoms with Gasteiger partial charge in [0.1, 0.15) is 5.75 Å². The second kappa shape index (κ2) is 8.84. The standard InChI is InChI=1S/C20H22N2O5/c1-22(2)19(24)15-7-5-14(6-8-15)18(23)21-11-10-13-4-9-16(20(25)26)12-17(13)27-3/h4-9,12H,10-11H2,1-3H3,(H,21,23)(H,25,26). The van der Waals surface area contributed by atoms with Crippen LogP contribution in [0.3, 0.4) is 0 Å². The van der Waals surface area contributed by atoms with Gasteiger partial charge in [0.05, 0.1) is 12.7 Å². The molecule has 0 aliphatic carbocycles. The number of amides is 2. The number of carboxylic acids is 1. The number of carbonyl (C=O) groups is 3. The highest BCUT2D eigenvalue weighted by Crippen LogP contribution is 2.20. The lowest BCUT2D eigenvalue weighted by Crippen LogP contribution is -2.26. The molecule has 0 unspecified atom stereocenters. The highest BCUT2D eigenvalue weighted by molar-refractivity contribution is 5.97. The first-order chi connectivity index (χ1) is 12.8. The van der Waals surface area contributed by atoms with E-state index in [0.717, 1.165) is 5.56 Å². The molecule has 0 aliphatic heterocycles. The van der Waals surface area contributed by atoms with Crippen molar-refractivity contribution < 1.29 is 24.2 Å². The smallest absolute Gasteiger partial charge is 0.335 e. The van der Waals surface area contributed by atoms with Gasteiger partial charge in [-0.25, -0.2) is 4.79 Å². The third-order valence-corrected chi connectivity index (χ3v) is 4.01. The van der Waals surface area contributed by atoms with Crippen LogP contribution >= 0.6 is 0 Å². The first-order valence-electron chi connectivity index (χ1n) is 8.33. The predicted molar refractivity (Wildman–Crippen MR) is 100 cm³/mol. The second-order valence-electron chi connectivity index (χ2n) is 6.11. The lowest BCUT2D eigenvalue weighted by Gasteiger charge is -2.11. The number of aromatic carboxylic acids is 1. The van der Waals surface area contributed by atoms with E-state index in [0.29, 0.717) is 29.8 Å². The molecule has 0 aromatic heterocycles. The van der Waals surface area contributed by atoms with Crippen LogP contribution in [-0.4, -0.2) is 55.5 Å². The van der Waals surface area contributed by atoms with Crippen molar-refractivity contribution in [2.45, 2.75) is 6.42 Å². The molecule has 0 spiro atoms. The third-order valence-electron chi connectivity index (χ3n) is 4.01. The topological polar surface area (TPSA) is 95.9 Å². The molecule has 7 nitrogen and oxygen atoms in total. The summed E-state index contributed by atoms with van der Waals surface area (Å²) in [5, 5.41) is 11.8. The summed E-state index contributed by atoms with van der Waals surface area (Å²) in [7, 11) is 4.81. The van der Waals surface area contributed by atoms with Crippen LogP contribution in [0.1, 0.15) is 36.6 Å². The normalized spacial score (nSPS) is 10.2. The molecule has 2 amide bonds. The van der Waals surface area contributed by atoms with Gasteiger partial charge in [0.15, 0.2) is 0 Å². The van der Waals surface area contributed by atoms with Crippen molar-refractivity contribution in [2.24, 2.45) is 0 Å². The van der Waals surface area contributed by atoms with Gasteiger partial charge < -0.3 is 20.1 Å². The second-order valence-corrected chi connectivity index (χ2v) is 6.11. The van der Waals surface area contributed by atoms with Gasteiger partial charge in [0.2, 0.25) is 0 Å². The highest BCUT2D eigenvalue weighted by atomic mass is 16.5. The summed E-state index contributed by atoms with van der Waals surface area (Å²) in [5.74, 6) is -0.932. The van der Waals surface area contributed by atoms with Crippen LogP contribution < -0.4 is 10.1 Å². The number of carboxylic acid groups (broad SMARTS) is 1. The van der Waals surface area contributed by atoms with Crippen LogP contribution in [0.15, 0.2) is 42.5 Å². The molecule has 2 aromatic carbocycles. The number of carbonyl (C=O) groups excluding carboxylic acids is 2. The fourth-order valence-corrected chi connectivity index (χ4v) is 2.52. The molecule has 2 N–H and O–H groups in total. The lowest BCUT2D eigenvalue weighted by molar-refractivity contribution is 0.0695. The van der Waals surface area contributed by atoms with Gasteiger partial charge in [-0.1, -0.05) is 6.07 Å². The molecule has 27 heavy (non-hydrogen) atoms. The van der Waals surface area contributed by atoms with E-state index in [4.69, 9.17) is 9.84 Å². The van der Waals surface area contributed by atoms with Crippen LogP contribution in [0.25, 0.3) is 0 Å². The monoisotopic (exact) mass is 370 g/mol. The molecule has 7 heteroatoms. The van der Waals surface area contributed by atoms with E-state index in [-0.39, 0.29) is 17.4 Å². The SMILES string of the molecule is COc1cc(C(=O)O)ccc1CCNC(=O)c1ccc(C(=O)N(C)C)cc1. The molecule has 0 aliphatic rings. The van der Waals surface area contributed by atoms with Gasteiger partial charge in [-0.15, -0.1) is 0 Å². The Kier molecular flexibility index (Phi) is 6.54. The average molecular weight is 370 g/mol. The first-order valence-corrected chi connectivity index (χ1v) is 8.33. The Bertz CT molecular complexity index is 844. The Balaban J connectivity index is 1.96. The maximum absolute atomic E-state index is 12.2. The molecule has 0 fully saturated rings. The van der Waals surface area contributed by atoms with Crippen LogP contribution in [0.2, 0.25) is 0 Å². The first kappa shape index (κ1) is 20.0. The number of hydrogen-bond donors (Lipinski definition) is 2. The molecule has 0 saturated carbocycles. The summed E-state index contributed by atoms with van der Waals surface area (Å²) in [4.78, 5) is 36.6. The number of methoxy groups -OCH3 is 1. The van der Waals surface area contributed by atoms with E-state index in [9.17, 15) is 14.4 Å². The largest absolute Gasteiger partial charge is 0.496 e. The zero-order valence-corrected chi connectivity index (χ0v) is 15.5. The maximum Gasteiger partial charge on any atom is 0.335 e. The summed E-state index contributed by atoms with van der Waals surface area (Å²) < 4.78 is 5.22. The van der Waals surface area contributed by atoms with E-state index in [2.05, 4.69) is 5.32 Å². The highest BCUT2D eigenvalue weighted by Gasteiger charge is 2.12. The van der Waals surface area contributed by atoms with Crippen LogP contribution in [0, 0.1) is 0 Å². The van der Waals surface area contributed by atoms with E-state index < -0.39 is 5.97 Å². The third kappa shape index (κ3) is 5.07. The molecular weight excluding hydrogens is 348 g/mol. The number of ether oxygens (including phenoxy) is 1. The molecule has 2 rings (SSSR count). The molecule has 0 heterocycles. The van der Waals surface area contributed by atoms with Gasteiger partial charge in [-0.3, -0.25) is 9.59 Å². The fraction of sp³-hybridized carbons (Fsp3) is 0.250. The minimum atomic E-state index is -1.02. The minimum absolute atomic E-state index is 0.126. The number of hydrogen-bond acceptors (Lipinski definition) is 4. The van der Waals surface area contributed by atoms with Crippen LogP contribution in [0.5, 0.6) is 5.75 Å². The Morgan fingerprint density at radius 3 is 2.15 bits per heavy atom. The molecule has 0 saturated heterocycles. The van der Waals surface area contributed by atoms with E-state index in [1.54, 1.807) is 44.4 Å². The Morgan fingerprint density at radius 2 is 1.59 bits per heavy atom. The Hall–Kier alpha value is -3.35.